The molecule has 1 aromatic carbocycles. The molecule has 0 amide bonds. The zero-order chi connectivity index (χ0) is 23.0. The molecule has 1 N–H and O–H groups in total. The van der Waals surface area contributed by atoms with E-state index in [2.05, 4.69) is 74.9 Å². The second-order valence-corrected chi connectivity index (χ2v) is 9.19. The Labute approximate surface area is 189 Å². The molecular weight excluding hydrogens is 383 g/mol. The molecule has 0 fully saturated rings. The largest absolute Gasteiger partial charge is 0.386 e. The van der Waals surface area contributed by atoms with Gasteiger partial charge in [0.2, 0.25) is 5.71 Å². The van der Waals surface area contributed by atoms with Crippen molar-refractivity contribution in [3.63, 3.8) is 0 Å². The minimum Gasteiger partial charge on any atom is -0.386 e. The summed E-state index contributed by atoms with van der Waals surface area (Å²) in [6, 6.07) is 4.23. The van der Waals surface area contributed by atoms with Crippen LogP contribution in [0.4, 0.5) is 4.39 Å². The van der Waals surface area contributed by atoms with E-state index in [1.807, 2.05) is 13.8 Å². The van der Waals surface area contributed by atoms with Crippen LogP contribution in [0.3, 0.4) is 0 Å². The zero-order valence-electron chi connectivity index (χ0n) is 20.7. The van der Waals surface area contributed by atoms with Crippen molar-refractivity contribution in [1.29, 1.82) is 0 Å². The zero-order valence-corrected chi connectivity index (χ0v) is 20.7. The molecule has 1 aromatic rings. The van der Waals surface area contributed by atoms with Crippen molar-refractivity contribution in [3.05, 3.63) is 70.2 Å². The number of allylic oxidation sites excluding steroid dienone is 4. The monoisotopic (exact) mass is 425 g/mol. The number of rotatable bonds is 9. The molecule has 0 radical (unpaired) electrons. The normalized spacial score (nSPS) is 19.9. The lowest BCUT2D eigenvalue weighted by Crippen LogP contribution is -2.30. The predicted molar refractivity (Wildman–Crippen MR) is 133 cm³/mol. The van der Waals surface area contributed by atoms with Crippen molar-refractivity contribution in [2.75, 3.05) is 13.1 Å². The van der Waals surface area contributed by atoms with Crippen LogP contribution >= 0.6 is 0 Å². The van der Waals surface area contributed by atoms with Crippen LogP contribution in [0.1, 0.15) is 77.0 Å². The van der Waals surface area contributed by atoms with Gasteiger partial charge < -0.3 is 5.32 Å². The van der Waals surface area contributed by atoms with Gasteiger partial charge in [-0.3, -0.25) is 0 Å². The van der Waals surface area contributed by atoms with Gasteiger partial charge in [0, 0.05) is 23.7 Å². The fraction of sp³-hybridized carbons (Fsp3) is 0.536. The van der Waals surface area contributed by atoms with Crippen LogP contribution in [0, 0.1) is 25.6 Å². The number of hydrogen-bond donors (Lipinski definition) is 1. The van der Waals surface area contributed by atoms with Crippen LogP contribution in [0.5, 0.6) is 0 Å². The fourth-order valence-corrected chi connectivity index (χ4v) is 4.34. The van der Waals surface area contributed by atoms with Crippen LogP contribution in [-0.4, -0.2) is 29.4 Å². The molecule has 31 heavy (non-hydrogen) atoms. The molecule has 0 spiro atoms. The van der Waals surface area contributed by atoms with Gasteiger partial charge in [0.05, 0.1) is 5.56 Å². The molecule has 0 bridgehead atoms. The highest BCUT2D eigenvalue weighted by molar-refractivity contribution is 6.10. The van der Waals surface area contributed by atoms with Gasteiger partial charge in [-0.15, -0.1) is 0 Å². The molecule has 3 heteroatoms. The van der Waals surface area contributed by atoms with Gasteiger partial charge in [0.15, 0.2) is 6.54 Å². The molecule has 1 heterocycles. The maximum absolute atomic E-state index is 15.1. The third-order valence-electron chi connectivity index (χ3n) is 6.33. The SMILES string of the molecule is CCC(C)CC(CC)N/C(C)=C/C[N+]1=C(c2c(C)cc(C)cc2F)/C(C)=C/C=C\CC1. The van der Waals surface area contributed by atoms with Crippen molar-refractivity contribution in [1.82, 2.24) is 5.32 Å². The molecular formula is C28H42FN2+. The average molecular weight is 426 g/mol. The van der Waals surface area contributed by atoms with Gasteiger partial charge in [0.1, 0.15) is 12.4 Å². The molecule has 0 aromatic heterocycles. The van der Waals surface area contributed by atoms with Gasteiger partial charge in [-0.05, 0) is 69.7 Å². The lowest BCUT2D eigenvalue weighted by Gasteiger charge is -2.22. The van der Waals surface area contributed by atoms with E-state index in [0.717, 1.165) is 59.8 Å². The summed E-state index contributed by atoms with van der Waals surface area (Å²) in [6.45, 7) is 16.7. The number of halogens is 1. The summed E-state index contributed by atoms with van der Waals surface area (Å²) in [6.07, 6.45) is 13.1. The highest BCUT2D eigenvalue weighted by atomic mass is 19.1. The van der Waals surface area contributed by atoms with E-state index >= 15 is 4.39 Å². The minimum atomic E-state index is -0.131. The Morgan fingerprint density at radius 3 is 2.58 bits per heavy atom. The van der Waals surface area contributed by atoms with E-state index in [4.69, 9.17) is 0 Å². The molecule has 2 atom stereocenters. The van der Waals surface area contributed by atoms with E-state index in [9.17, 15) is 0 Å². The molecule has 0 saturated heterocycles. The van der Waals surface area contributed by atoms with Crippen LogP contribution in [0.15, 0.2) is 47.7 Å². The molecule has 0 aliphatic carbocycles. The summed E-state index contributed by atoms with van der Waals surface area (Å²) in [7, 11) is 0. The van der Waals surface area contributed by atoms with Crippen LogP contribution < -0.4 is 5.32 Å². The quantitative estimate of drug-likeness (QED) is 0.427. The average Bonchev–Trinajstić information content (AvgIpc) is 2.70. The molecule has 1 aliphatic heterocycles. The molecule has 170 valence electrons. The predicted octanol–water partition coefficient (Wildman–Crippen LogP) is 6.86. The van der Waals surface area contributed by atoms with Gasteiger partial charge in [-0.1, -0.05) is 51.5 Å². The van der Waals surface area contributed by atoms with Crippen molar-refractivity contribution in [2.45, 2.75) is 80.2 Å². The summed E-state index contributed by atoms with van der Waals surface area (Å²) in [4.78, 5) is 0. The maximum atomic E-state index is 15.1. The Kier molecular flexibility index (Phi) is 9.74. The fourth-order valence-electron chi connectivity index (χ4n) is 4.34. The van der Waals surface area contributed by atoms with Crippen molar-refractivity contribution >= 4 is 5.71 Å². The third kappa shape index (κ3) is 7.19. The second-order valence-electron chi connectivity index (χ2n) is 9.19. The van der Waals surface area contributed by atoms with Crippen LogP contribution in [-0.2, 0) is 0 Å². The Morgan fingerprint density at radius 1 is 1.19 bits per heavy atom. The topological polar surface area (TPSA) is 15.0 Å². The number of nitrogens with zero attached hydrogens (tertiary/aromatic N) is 1. The lowest BCUT2D eigenvalue weighted by atomic mass is 9.95. The van der Waals surface area contributed by atoms with Crippen LogP contribution in [0.2, 0.25) is 0 Å². The Balaban J connectivity index is 2.38. The summed E-state index contributed by atoms with van der Waals surface area (Å²) in [5, 5.41) is 3.72. The van der Waals surface area contributed by atoms with E-state index in [-0.39, 0.29) is 5.82 Å². The van der Waals surface area contributed by atoms with Crippen molar-refractivity contribution in [2.24, 2.45) is 5.92 Å². The standard InChI is InChI=1S/C28H42FN2/c1-8-20(3)18-25(9-2)30-24(7)14-16-31-15-12-10-11-13-22(5)28(31)27-23(6)17-21(4)19-26(27)29/h10-11,13-14,17,19-20,25,30H,8-9,12,15-16,18H2,1-7H3/q+1/b11-10-,22-13+,24-14+,31-28?. The highest BCUT2D eigenvalue weighted by Crippen LogP contribution is 2.21. The van der Waals surface area contributed by atoms with Gasteiger partial charge in [-0.2, -0.15) is 0 Å². The van der Waals surface area contributed by atoms with E-state index in [1.54, 1.807) is 6.07 Å². The van der Waals surface area contributed by atoms with Gasteiger partial charge in [-0.25, -0.2) is 8.97 Å². The first kappa shape index (κ1) is 25.1. The number of aryl methyl sites for hydroxylation is 2. The maximum Gasteiger partial charge on any atom is 0.213 e. The number of nitrogens with one attached hydrogen (secondary N) is 1. The molecule has 2 nitrogen and oxygen atoms in total. The van der Waals surface area contributed by atoms with Gasteiger partial charge in [0.25, 0.3) is 0 Å². The first-order valence-electron chi connectivity index (χ1n) is 11.9. The summed E-state index contributed by atoms with van der Waals surface area (Å²) < 4.78 is 17.5. The molecule has 0 saturated carbocycles. The summed E-state index contributed by atoms with van der Waals surface area (Å²) in [5.41, 5.74) is 6.00. The third-order valence-corrected chi connectivity index (χ3v) is 6.33. The highest BCUT2D eigenvalue weighted by Gasteiger charge is 2.24. The second kappa shape index (κ2) is 12.0. The number of benzene rings is 1. The van der Waals surface area contributed by atoms with E-state index in [0.29, 0.717) is 6.04 Å². The lowest BCUT2D eigenvalue weighted by molar-refractivity contribution is -0.516. The smallest absolute Gasteiger partial charge is 0.213 e. The Bertz CT molecular complexity index is 850. The summed E-state index contributed by atoms with van der Waals surface area (Å²) in [5.74, 6) is 0.597. The van der Waals surface area contributed by atoms with Crippen molar-refractivity contribution in [3.8, 4) is 0 Å². The number of hydrogen-bond acceptors (Lipinski definition) is 1. The first-order chi connectivity index (χ1) is 14.8. The first-order valence-corrected chi connectivity index (χ1v) is 11.9. The summed E-state index contributed by atoms with van der Waals surface area (Å²) >= 11 is 0. The van der Waals surface area contributed by atoms with Gasteiger partial charge >= 0.3 is 0 Å². The van der Waals surface area contributed by atoms with Crippen LogP contribution in [0.25, 0.3) is 0 Å². The van der Waals surface area contributed by atoms with Crippen molar-refractivity contribution < 1.29 is 8.97 Å². The molecule has 1 aliphatic rings. The molecule has 2 unspecified atom stereocenters. The van der Waals surface area contributed by atoms with E-state index < -0.39 is 0 Å². The Morgan fingerprint density at radius 2 is 1.94 bits per heavy atom. The molecule has 2 rings (SSSR count). The minimum absolute atomic E-state index is 0.131. The van der Waals surface area contributed by atoms with E-state index in [1.165, 1.54) is 18.5 Å². The Hall–Kier alpha value is -2.16.